The predicted molar refractivity (Wildman–Crippen MR) is 115 cm³/mol. The number of ether oxygens (including phenoxy) is 3. The maximum Gasteiger partial charge on any atom is 0.337 e. The fourth-order valence-corrected chi connectivity index (χ4v) is 3.90. The fraction of sp³-hybridized carbons (Fsp3) is 0.304. The molecule has 1 atom stereocenters. The van der Waals surface area contributed by atoms with Crippen LogP contribution in [-0.2, 0) is 9.53 Å². The summed E-state index contributed by atoms with van der Waals surface area (Å²) >= 11 is 6.29. The van der Waals surface area contributed by atoms with Crippen LogP contribution >= 0.6 is 11.6 Å². The highest BCUT2D eigenvalue weighted by Gasteiger charge is 2.30. The SMILES string of the molecule is Cc1nc2ccc(Cl)cc2c(-c2ccc3c(c2)OCCO3)c1C(OC(C)C)C(=O)O. The van der Waals surface area contributed by atoms with Gasteiger partial charge in [-0.25, -0.2) is 4.79 Å². The minimum absolute atomic E-state index is 0.284. The Kier molecular flexibility index (Phi) is 5.54. The van der Waals surface area contributed by atoms with Gasteiger partial charge in [0, 0.05) is 21.7 Å². The minimum atomic E-state index is -1.18. The van der Waals surface area contributed by atoms with E-state index in [-0.39, 0.29) is 6.10 Å². The monoisotopic (exact) mass is 427 g/mol. The van der Waals surface area contributed by atoms with Gasteiger partial charge in [-0.05, 0) is 62.2 Å². The van der Waals surface area contributed by atoms with Crippen molar-refractivity contribution in [2.45, 2.75) is 33.0 Å². The third-order valence-corrected chi connectivity index (χ3v) is 5.14. The Morgan fingerprint density at radius 1 is 1.13 bits per heavy atom. The van der Waals surface area contributed by atoms with Crippen LogP contribution in [0.2, 0.25) is 5.02 Å². The first-order chi connectivity index (χ1) is 14.3. The number of benzene rings is 2. The zero-order valence-corrected chi connectivity index (χ0v) is 17.7. The summed E-state index contributed by atoms with van der Waals surface area (Å²) < 4.78 is 17.2. The minimum Gasteiger partial charge on any atom is -0.486 e. The first-order valence-electron chi connectivity index (χ1n) is 9.73. The molecule has 1 N–H and O–H groups in total. The molecule has 3 aromatic rings. The predicted octanol–water partition coefficient (Wildman–Crippen LogP) is 5.19. The first kappa shape index (κ1) is 20.4. The van der Waals surface area contributed by atoms with Gasteiger partial charge in [0.2, 0.25) is 0 Å². The topological polar surface area (TPSA) is 77.9 Å². The van der Waals surface area contributed by atoms with Gasteiger partial charge >= 0.3 is 5.97 Å². The van der Waals surface area contributed by atoms with E-state index in [4.69, 9.17) is 25.8 Å². The molecule has 7 heteroatoms. The smallest absolute Gasteiger partial charge is 0.337 e. The van der Waals surface area contributed by atoms with E-state index in [0.717, 1.165) is 16.5 Å². The van der Waals surface area contributed by atoms with Gasteiger partial charge in [-0.2, -0.15) is 0 Å². The van der Waals surface area contributed by atoms with E-state index in [1.165, 1.54) is 0 Å². The molecule has 30 heavy (non-hydrogen) atoms. The van der Waals surface area contributed by atoms with Crippen LogP contribution in [0.4, 0.5) is 0 Å². The van der Waals surface area contributed by atoms with E-state index in [2.05, 4.69) is 4.98 Å². The molecule has 0 saturated heterocycles. The second-order valence-electron chi connectivity index (χ2n) is 7.41. The number of pyridine rings is 1. The van der Waals surface area contributed by atoms with Crippen LogP contribution in [0.1, 0.15) is 31.2 Å². The largest absolute Gasteiger partial charge is 0.486 e. The van der Waals surface area contributed by atoms with Crippen LogP contribution in [0.15, 0.2) is 36.4 Å². The summed E-state index contributed by atoms with van der Waals surface area (Å²) in [6.07, 6.45) is -1.46. The number of aliphatic carboxylic acids is 1. The number of fused-ring (bicyclic) bond motifs is 2. The number of carboxylic acids is 1. The molecule has 0 aliphatic carbocycles. The van der Waals surface area contributed by atoms with Crippen molar-refractivity contribution in [1.82, 2.24) is 4.98 Å². The van der Waals surface area contributed by atoms with E-state index < -0.39 is 12.1 Å². The lowest BCUT2D eigenvalue weighted by Gasteiger charge is -2.24. The Labute approximate surface area is 179 Å². The van der Waals surface area contributed by atoms with Crippen molar-refractivity contribution in [3.05, 3.63) is 52.7 Å². The van der Waals surface area contributed by atoms with Crippen molar-refractivity contribution < 1.29 is 24.1 Å². The third-order valence-electron chi connectivity index (χ3n) is 4.90. The highest BCUT2D eigenvalue weighted by Crippen LogP contribution is 2.42. The van der Waals surface area contributed by atoms with Crippen molar-refractivity contribution in [1.29, 1.82) is 0 Å². The quantitative estimate of drug-likeness (QED) is 0.604. The van der Waals surface area contributed by atoms with Gasteiger partial charge in [0.15, 0.2) is 17.6 Å². The molecule has 2 heterocycles. The lowest BCUT2D eigenvalue weighted by atomic mass is 9.91. The average Bonchev–Trinajstić information content (AvgIpc) is 2.71. The number of rotatable bonds is 5. The van der Waals surface area contributed by atoms with E-state index in [1.807, 2.05) is 24.3 Å². The molecule has 1 aliphatic heterocycles. The summed E-state index contributed by atoms with van der Waals surface area (Å²) in [5, 5.41) is 11.3. The van der Waals surface area contributed by atoms with Gasteiger partial charge in [0.05, 0.1) is 11.6 Å². The first-order valence-corrected chi connectivity index (χ1v) is 10.1. The van der Waals surface area contributed by atoms with Crippen molar-refractivity contribution >= 4 is 28.5 Å². The molecule has 1 aliphatic rings. The molecule has 1 unspecified atom stereocenters. The number of hydrogen-bond donors (Lipinski definition) is 1. The van der Waals surface area contributed by atoms with Crippen molar-refractivity contribution in [3.63, 3.8) is 0 Å². The Hall–Kier alpha value is -2.83. The van der Waals surface area contributed by atoms with Crippen LogP contribution in [0.25, 0.3) is 22.0 Å². The van der Waals surface area contributed by atoms with E-state index >= 15 is 0 Å². The molecule has 1 aromatic heterocycles. The average molecular weight is 428 g/mol. The number of carbonyl (C=O) groups is 1. The van der Waals surface area contributed by atoms with Crippen molar-refractivity contribution in [3.8, 4) is 22.6 Å². The van der Waals surface area contributed by atoms with Gasteiger partial charge < -0.3 is 19.3 Å². The second-order valence-corrected chi connectivity index (χ2v) is 7.85. The Morgan fingerprint density at radius 2 is 1.87 bits per heavy atom. The molecular weight excluding hydrogens is 406 g/mol. The summed E-state index contributed by atoms with van der Waals surface area (Å²) in [6.45, 7) is 6.36. The zero-order valence-electron chi connectivity index (χ0n) is 16.9. The number of hydrogen-bond acceptors (Lipinski definition) is 5. The van der Waals surface area contributed by atoms with Crippen LogP contribution in [-0.4, -0.2) is 35.4 Å². The van der Waals surface area contributed by atoms with Gasteiger partial charge in [0.1, 0.15) is 13.2 Å². The fourth-order valence-electron chi connectivity index (χ4n) is 3.73. The standard InChI is InChI=1S/C23H22ClNO5/c1-12(2)30-22(23(26)27)20-13(3)25-17-6-5-15(24)11-16(17)21(20)14-4-7-18-19(10-14)29-9-8-28-18/h4-7,10-12,22H,8-9H2,1-3H3,(H,26,27). The molecule has 6 nitrogen and oxygen atoms in total. The van der Waals surface area contributed by atoms with E-state index in [1.54, 1.807) is 32.9 Å². The van der Waals surface area contributed by atoms with E-state index in [0.29, 0.717) is 46.6 Å². The Bertz CT molecular complexity index is 1130. The molecule has 0 fully saturated rings. The molecule has 4 rings (SSSR count). The number of aromatic nitrogens is 1. The summed E-state index contributed by atoms with van der Waals surface area (Å²) in [4.78, 5) is 16.8. The van der Waals surface area contributed by atoms with Gasteiger partial charge in [-0.15, -0.1) is 0 Å². The van der Waals surface area contributed by atoms with Gasteiger partial charge in [-0.1, -0.05) is 17.7 Å². The van der Waals surface area contributed by atoms with Crippen LogP contribution in [0, 0.1) is 6.92 Å². The highest BCUT2D eigenvalue weighted by atomic mass is 35.5. The zero-order chi connectivity index (χ0) is 21.4. The summed E-state index contributed by atoms with van der Waals surface area (Å²) in [5.74, 6) is 0.202. The lowest BCUT2D eigenvalue weighted by molar-refractivity contribution is -0.153. The molecule has 0 amide bonds. The number of halogens is 1. The number of aryl methyl sites for hydroxylation is 1. The number of nitrogens with zero attached hydrogens (tertiary/aromatic N) is 1. The third kappa shape index (κ3) is 3.80. The lowest BCUT2D eigenvalue weighted by Crippen LogP contribution is -2.21. The highest BCUT2D eigenvalue weighted by molar-refractivity contribution is 6.31. The Balaban J connectivity index is 2.04. The normalized spacial score (nSPS) is 14.2. The molecule has 156 valence electrons. The molecule has 0 radical (unpaired) electrons. The van der Waals surface area contributed by atoms with Gasteiger partial charge in [-0.3, -0.25) is 4.98 Å². The van der Waals surface area contributed by atoms with Crippen molar-refractivity contribution in [2.24, 2.45) is 0 Å². The molecule has 2 aromatic carbocycles. The van der Waals surface area contributed by atoms with Gasteiger partial charge in [0.25, 0.3) is 0 Å². The molecule has 0 saturated carbocycles. The maximum atomic E-state index is 12.2. The van der Waals surface area contributed by atoms with E-state index in [9.17, 15) is 9.90 Å². The van der Waals surface area contributed by atoms with Crippen LogP contribution < -0.4 is 9.47 Å². The second kappa shape index (κ2) is 8.13. The Morgan fingerprint density at radius 3 is 2.57 bits per heavy atom. The molecular formula is C23H22ClNO5. The summed E-state index contributed by atoms with van der Waals surface area (Å²) in [6, 6.07) is 11.0. The molecule has 0 spiro atoms. The summed E-state index contributed by atoms with van der Waals surface area (Å²) in [5.41, 5.74) is 3.31. The summed E-state index contributed by atoms with van der Waals surface area (Å²) in [7, 11) is 0. The molecule has 0 bridgehead atoms. The van der Waals surface area contributed by atoms with Crippen molar-refractivity contribution in [2.75, 3.05) is 13.2 Å². The van der Waals surface area contributed by atoms with Crippen LogP contribution in [0.5, 0.6) is 11.5 Å². The van der Waals surface area contributed by atoms with Crippen LogP contribution in [0.3, 0.4) is 0 Å². The maximum absolute atomic E-state index is 12.2. The number of carboxylic acid groups (broad SMARTS) is 1.